The van der Waals surface area contributed by atoms with Crippen LogP contribution < -0.4 is 10.5 Å². The molecule has 0 spiro atoms. The van der Waals surface area contributed by atoms with Crippen LogP contribution in [-0.2, 0) is 10.0 Å². The Hall–Kier alpha value is -1.22. The van der Waals surface area contributed by atoms with Crippen molar-refractivity contribution in [1.29, 1.82) is 0 Å². The Morgan fingerprint density at radius 3 is 2.56 bits per heavy atom. The monoisotopic (exact) mass is 278 g/mol. The van der Waals surface area contributed by atoms with Crippen LogP contribution in [0, 0.1) is 5.82 Å². The van der Waals surface area contributed by atoms with Gasteiger partial charge in [-0.15, -0.1) is 0 Å². The fourth-order valence-electron chi connectivity index (χ4n) is 1.13. The molecule has 1 rings (SSSR count). The van der Waals surface area contributed by atoms with Crippen LogP contribution in [0.1, 0.15) is 6.92 Å². The zero-order valence-corrected chi connectivity index (χ0v) is 10.5. The van der Waals surface area contributed by atoms with Crippen LogP contribution in [0.3, 0.4) is 0 Å². The van der Waals surface area contributed by atoms with E-state index in [-0.39, 0.29) is 10.6 Å². The average molecular weight is 278 g/mol. The lowest BCUT2D eigenvalue weighted by molar-refractivity contribution is 0.00681. The van der Waals surface area contributed by atoms with Gasteiger partial charge in [-0.3, -0.25) is 0 Å². The summed E-state index contributed by atoms with van der Waals surface area (Å²) in [5, 5.41) is 18.3. The number of halogens is 1. The van der Waals surface area contributed by atoms with Crippen molar-refractivity contribution >= 4 is 15.7 Å². The molecule has 0 heterocycles. The molecule has 0 aromatic heterocycles. The molecule has 0 bridgehead atoms. The van der Waals surface area contributed by atoms with Crippen LogP contribution in [0.25, 0.3) is 0 Å². The Kier molecular flexibility index (Phi) is 4.28. The maximum absolute atomic E-state index is 13.0. The Morgan fingerprint density at radius 2 is 2.06 bits per heavy atom. The molecule has 5 N–H and O–H groups in total. The number of rotatable bonds is 5. The highest BCUT2D eigenvalue weighted by Crippen LogP contribution is 2.16. The van der Waals surface area contributed by atoms with E-state index in [2.05, 4.69) is 4.72 Å². The van der Waals surface area contributed by atoms with Crippen molar-refractivity contribution in [3.05, 3.63) is 24.0 Å². The first-order valence-electron chi connectivity index (χ1n) is 5.05. The molecular formula is C10H15FN2O4S. The number of benzene rings is 1. The van der Waals surface area contributed by atoms with Gasteiger partial charge in [0.15, 0.2) is 0 Å². The second kappa shape index (κ2) is 5.19. The molecule has 0 aliphatic rings. The van der Waals surface area contributed by atoms with Gasteiger partial charge in [-0.2, -0.15) is 0 Å². The minimum absolute atomic E-state index is 0.0238. The first-order valence-corrected chi connectivity index (χ1v) is 6.53. The highest BCUT2D eigenvalue weighted by atomic mass is 32.2. The van der Waals surface area contributed by atoms with Crippen molar-refractivity contribution in [1.82, 2.24) is 4.72 Å². The third-order valence-electron chi connectivity index (χ3n) is 2.19. The second-order valence-electron chi connectivity index (χ2n) is 4.20. The third kappa shape index (κ3) is 3.91. The molecule has 102 valence electrons. The maximum Gasteiger partial charge on any atom is 0.240 e. The molecule has 0 amide bonds. The van der Waals surface area contributed by atoms with Gasteiger partial charge in [0.25, 0.3) is 0 Å². The molecule has 1 atom stereocenters. The number of sulfonamides is 1. The molecule has 8 heteroatoms. The standard InChI is InChI=1S/C10H15FN2O4S/c1-10(15,6-14)5-13-18(16,17)9-3-7(11)2-8(12)4-9/h2-4,13-15H,5-6,12H2,1H3. The fraction of sp³-hybridized carbons (Fsp3) is 0.400. The molecule has 0 aliphatic heterocycles. The van der Waals surface area contributed by atoms with Crippen molar-refractivity contribution in [3.63, 3.8) is 0 Å². The van der Waals surface area contributed by atoms with E-state index in [1.54, 1.807) is 0 Å². The minimum atomic E-state index is -3.99. The van der Waals surface area contributed by atoms with Gasteiger partial charge in [0.2, 0.25) is 10.0 Å². The highest BCUT2D eigenvalue weighted by Gasteiger charge is 2.23. The number of nitrogens with one attached hydrogen (secondary N) is 1. The van der Waals surface area contributed by atoms with E-state index >= 15 is 0 Å². The van der Waals surface area contributed by atoms with Gasteiger partial charge in [-0.05, 0) is 25.1 Å². The summed E-state index contributed by atoms with van der Waals surface area (Å²) in [6.45, 7) is 0.249. The molecule has 1 unspecified atom stereocenters. The number of hydrogen-bond acceptors (Lipinski definition) is 5. The van der Waals surface area contributed by atoms with Crippen LogP contribution in [-0.4, -0.2) is 37.4 Å². The molecule has 0 saturated carbocycles. The lowest BCUT2D eigenvalue weighted by Gasteiger charge is -2.20. The highest BCUT2D eigenvalue weighted by molar-refractivity contribution is 7.89. The zero-order chi connectivity index (χ0) is 14.0. The van der Waals surface area contributed by atoms with Crippen molar-refractivity contribution in [2.45, 2.75) is 17.4 Å². The van der Waals surface area contributed by atoms with Crippen LogP contribution in [0.4, 0.5) is 10.1 Å². The van der Waals surface area contributed by atoms with Crippen LogP contribution >= 0.6 is 0 Å². The predicted octanol–water partition coefficient (Wildman–Crippen LogP) is -0.571. The Balaban J connectivity index is 2.93. The van der Waals surface area contributed by atoms with Crippen molar-refractivity contribution in [2.24, 2.45) is 0 Å². The normalized spacial score (nSPS) is 15.3. The summed E-state index contributed by atoms with van der Waals surface area (Å²) < 4.78 is 38.6. The quantitative estimate of drug-likeness (QED) is 0.539. The maximum atomic E-state index is 13.0. The summed E-state index contributed by atoms with van der Waals surface area (Å²) in [5.74, 6) is -0.774. The minimum Gasteiger partial charge on any atom is -0.399 e. The number of anilines is 1. The van der Waals surface area contributed by atoms with E-state index in [4.69, 9.17) is 10.8 Å². The molecule has 0 radical (unpaired) electrons. The van der Waals surface area contributed by atoms with E-state index in [1.165, 1.54) is 6.92 Å². The SMILES string of the molecule is CC(O)(CO)CNS(=O)(=O)c1cc(N)cc(F)c1. The van der Waals surface area contributed by atoms with Crippen LogP contribution in [0.15, 0.2) is 23.1 Å². The fourth-order valence-corrected chi connectivity index (χ4v) is 2.36. The summed E-state index contributed by atoms with van der Waals surface area (Å²) in [4.78, 5) is -0.339. The van der Waals surface area contributed by atoms with Gasteiger partial charge in [0, 0.05) is 12.2 Å². The molecule has 0 fully saturated rings. The Morgan fingerprint density at radius 1 is 1.44 bits per heavy atom. The number of aliphatic hydroxyl groups is 2. The van der Waals surface area contributed by atoms with E-state index < -0.39 is 34.6 Å². The molecular weight excluding hydrogens is 263 g/mol. The summed E-state index contributed by atoms with van der Waals surface area (Å²) in [6, 6.07) is 2.90. The molecule has 6 nitrogen and oxygen atoms in total. The first kappa shape index (κ1) is 14.8. The van der Waals surface area contributed by atoms with E-state index in [0.29, 0.717) is 0 Å². The lowest BCUT2D eigenvalue weighted by Crippen LogP contribution is -2.43. The van der Waals surface area contributed by atoms with Crippen molar-refractivity contribution in [2.75, 3.05) is 18.9 Å². The second-order valence-corrected chi connectivity index (χ2v) is 5.97. The van der Waals surface area contributed by atoms with Gasteiger partial charge in [-0.25, -0.2) is 17.5 Å². The average Bonchev–Trinajstić information content (AvgIpc) is 2.25. The van der Waals surface area contributed by atoms with E-state index in [0.717, 1.165) is 18.2 Å². The van der Waals surface area contributed by atoms with E-state index in [9.17, 15) is 17.9 Å². The summed E-state index contributed by atoms with van der Waals surface area (Å²) in [5.41, 5.74) is 3.73. The molecule has 1 aromatic carbocycles. The van der Waals surface area contributed by atoms with Gasteiger partial charge >= 0.3 is 0 Å². The van der Waals surface area contributed by atoms with Gasteiger partial charge in [0.1, 0.15) is 5.82 Å². The van der Waals surface area contributed by atoms with Gasteiger partial charge in [-0.1, -0.05) is 0 Å². The van der Waals surface area contributed by atoms with Crippen LogP contribution in [0.5, 0.6) is 0 Å². The van der Waals surface area contributed by atoms with Gasteiger partial charge in [0.05, 0.1) is 17.1 Å². The number of aliphatic hydroxyl groups excluding tert-OH is 1. The Bertz CT molecular complexity index is 510. The molecule has 1 aromatic rings. The van der Waals surface area contributed by atoms with Crippen molar-refractivity contribution < 1.29 is 23.0 Å². The number of nitrogen functional groups attached to an aromatic ring is 1. The first-order chi connectivity index (χ1) is 8.16. The number of nitrogens with two attached hydrogens (primary N) is 1. The largest absolute Gasteiger partial charge is 0.399 e. The topological polar surface area (TPSA) is 113 Å². The van der Waals surface area contributed by atoms with Crippen LogP contribution in [0.2, 0.25) is 0 Å². The van der Waals surface area contributed by atoms with Gasteiger partial charge < -0.3 is 15.9 Å². The summed E-state index contributed by atoms with van der Waals surface area (Å²) in [7, 11) is -3.99. The third-order valence-corrected chi connectivity index (χ3v) is 3.57. The number of hydrogen-bond donors (Lipinski definition) is 4. The molecule has 18 heavy (non-hydrogen) atoms. The molecule has 0 aliphatic carbocycles. The summed E-state index contributed by atoms with van der Waals surface area (Å²) in [6.07, 6.45) is 0. The lowest BCUT2D eigenvalue weighted by atomic mass is 10.1. The molecule has 0 saturated heterocycles. The van der Waals surface area contributed by atoms with Crippen molar-refractivity contribution in [3.8, 4) is 0 Å². The Labute approximate surface area is 104 Å². The zero-order valence-electron chi connectivity index (χ0n) is 9.72. The predicted molar refractivity (Wildman–Crippen MR) is 63.7 cm³/mol. The summed E-state index contributed by atoms with van der Waals surface area (Å²) >= 11 is 0. The van der Waals surface area contributed by atoms with E-state index in [1.807, 2.05) is 0 Å². The smallest absolute Gasteiger partial charge is 0.240 e.